The van der Waals surface area contributed by atoms with Gasteiger partial charge in [0.05, 0.1) is 0 Å². The van der Waals surface area contributed by atoms with Crippen LogP contribution in [0.25, 0.3) is 0 Å². The molecule has 0 rings (SSSR count). The molecule has 0 aliphatic heterocycles. The molecule has 0 amide bonds. The minimum atomic E-state index is -0.557. The van der Waals surface area contributed by atoms with Crippen LogP contribution in [-0.4, -0.2) is 5.97 Å². The van der Waals surface area contributed by atoms with Gasteiger partial charge in [-0.15, -0.1) is 0 Å². The van der Waals surface area contributed by atoms with Crippen LogP contribution in [0, 0.1) is 0 Å². The minimum Gasteiger partial charge on any atom is -0.412 e. The third kappa shape index (κ3) is 4.58. The monoisotopic (exact) mass is 188 g/mol. The fraction of sp³-hybridized carbons (Fsp3) is 0.250. The van der Waals surface area contributed by atoms with Crippen LogP contribution >= 0.6 is 34.8 Å². The number of carbonyl (C=O) groups excluding carboxylic acids is 1. The molecule has 0 radical (unpaired) electrons. The van der Waals surface area contributed by atoms with Crippen molar-refractivity contribution in [3.05, 3.63) is 9.71 Å². The van der Waals surface area contributed by atoms with Crippen LogP contribution in [-0.2, 0) is 9.53 Å². The summed E-state index contributed by atoms with van der Waals surface area (Å²) in [5.74, 6) is -0.557. The van der Waals surface area contributed by atoms with E-state index in [9.17, 15) is 4.79 Å². The molecular weight excluding hydrogens is 186 g/mol. The number of hydrogen-bond acceptors (Lipinski definition) is 2. The predicted molar refractivity (Wildman–Crippen MR) is 36.4 cm³/mol. The second-order valence-electron chi connectivity index (χ2n) is 1.13. The Bertz CT molecular complexity index is 148. The van der Waals surface area contributed by atoms with Gasteiger partial charge in [-0.2, -0.15) is 0 Å². The molecule has 0 N–H and O–H groups in total. The van der Waals surface area contributed by atoms with E-state index in [1.165, 1.54) is 6.92 Å². The van der Waals surface area contributed by atoms with Crippen LogP contribution in [0.3, 0.4) is 0 Å². The van der Waals surface area contributed by atoms with Gasteiger partial charge in [0, 0.05) is 6.92 Å². The van der Waals surface area contributed by atoms with Crippen molar-refractivity contribution in [3.63, 3.8) is 0 Å². The highest BCUT2D eigenvalue weighted by molar-refractivity contribution is 6.59. The Hall–Kier alpha value is 0.0800. The maximum atomic E-state index is 10.1. The van der Waals surface area contributed by atoms with Gasteiger partial charge in [-0.05, 0) is 11.6 Å². The van der Waals surface area contributed by atoms with Gasteiger partial charge in [-0.25, -0.2) is 0 Å². The van der Waals surface area contributed by atoms with Crippen molar-refractivity contribution in [2.24, 2.45) is 0 Å². The molecule has 0 unspecified atom stereocenters. The summed E-state index contributed by atoms with van der Waals surface area (Å²) in [5, 5.41) is -0.300. The molecule has 0 saturated heterocycles. The number of ether oxygens (including phenoxy) is 1. The van der Waals surface area contributed by atoms with E-state index >= 15 is 0 Å². The van der Waals surface area contributed by atoms with E-state index < -0.39 is 5.97 Å². The maximum absolute atomic E-state index is 10.1. The molecule has 0 spiro atoms. The molecule has 52 valence electrons. The number of hydrogen-bond donors (Lipinski definition) is 0. The molecule has 0 bridgehead atoms. The van der Waals surface area contributed by atoms with Crippen molar-refractivity contribution in [3.8, 4) is 0 Å². The lowest BCUT2D eigenvalue weighted by molar-refractivity contribution is -0.135. The summed E-state index contributed by atoms with van der Waals surface area (Å²) in [6.45, 7) is 1.19. The summed E-state index contributed by atoms with van der Waals surface area (Å²) in [5.41, 5.74) is 0. The van der Waals surface area contributed by atoms with Crippen LogP contribution in [0.5, 0.6) is 0 Å². The van der Waals surface area contributed by atoms with Crippen molar-refractivity contribution in [2.75, 3.05) is 0 Å². The third-order valence-electron chi connectivity index (χ3n) is 0.382. The van der Waals surface area contributed by atoms with E-state index in [-0.39, 0.29) is 9.71 Å². The normalized spacial score (nSPS) is 8.44. The lowest BCUT2D eigenvalue weighted by Gasteiger charge is -1.95. The van der Waals surface area contributed by atoms with Gasteiger partial charge in [0.1, 0.15) is 0 Å². The van der Waals surface area contributed by atoms with Crippen LogP contribution < -0.4 is 0 Å². The highest BCUT2D eigenvalue weighted by Gasteiger charge is 2.01. The molecule has 0 fully saturated rings. The largest absolute Gasteiger partial charge is 0.412 e. The zero-order valence-corrected chi connectivity index (χ0v) is 6.72. The van der Waals surface area contributed by atoms with Gasteiger partial charge in [0.2, 0.25) is 5.22 Å². The zero-order valence-electron chi connectivity index (χ0n) is 4.45. The van der Waals surface area contributed by atoms with Gasteiger partial charge in [0.25, 0.3) is 0 Å². The van der Waals surface area contributed by atoms with E-state index in [1.807, 2.05) is 0 Å². The van der Waals surface area contributed by atoms with Gasteiger partial charge in [0.15, 0.2) is 4.49 Å². The molecule has 0 aliphatic carbocycles. The van der Waals surface area contributed by atoms with Crippen molar-refractivity contribution in [2.45, 2.75) is 6.92 Å². The molecule has 0 aromatic carbocycles. The van der Waals surface area contributed by atoms with Crippen LogP contribution in [0.2, 0.25) is 0 Å². The Morgan fingerprint density at radius 3 is 1.89 bits per heavy atom. The van der Waals surface area contributed by atoms with Crippen molar-refractivity contribution in [1.29, 1.82) is 0 Å². The molecule has 0 atom stereocenters. The molecule has 9 heavy (non-hydrogen) atoms. The number of carbonyl (C=O) groups is 1. The van der Waals surface area contributed by atoms with Crippen molar-refractivity contribution >= 4 is 40.8 Å². The molecule has 2 nitrogen and oxygen atoms in total. The van der Waals surface area contributed by atoms with Gasteiger partial charge < -0.3 is 4.74 Å². The summed E-state index contributed by atoms with van der Waals surface area (Å²) in [7, 11) is 0. The minimum absolute atomic E-state index is 0.258. The Labute approximate surface area is 67.3 Å². The first-order valence-corrected chi connectivity index (χ1v) is 3.06. The lowest BCUT2D eigenvalue weighted by Crippen LogP contribution is -1.93. The topological polar surface area (TPSA) is 26.3 Å². The van der Waals surface area contributed by atoms with Gasteiger partial charge >= 0.3 is 5.97 Å². The zero-order chi connectivity index (χ0) is 7.44. The molecule has 0 aromatic heterocycles. The van der Waals surface area contributed by atoms with Gasteiger partial charge in [-0.1, -0.05) is 23.2 Å². The highest BCUT2D eigenvalue weighted by Crippen LogP contribution is 2.18. The lowest BCUT2D eigenvalue weighted by atomic mass is 10.8. The second kappa shape index (κ2) is 3.99. The first-order chi connectivity index (χ1) is 4.04. The summed E-state index contributed by atoms with van der Waals surface area (Å²) >= 11 is 15.4. The Kier molecular flexibility index (Phi) is 4.02. The van der Waals surface area contributed by atoms with Crippen LogP contribution in [0.4, 0.5) is 0 Å². The average molecular weight is 189 g/mol. The fourth-order valence-corrected chi connectivity index (χ4v) is 0.351. The summed E-state index contributed by atoms with van der Waals surface area (Å²) in [4.78, 5) is 10.1. The van der Waals surface area contributed by atoms with E-state index in [1.54, 1.807) is 0 Å². The van der Waals surface area contributed by atoms with Crippen LogP contribution in [0.1, 0.15) is 6.92 Å². The molecular formula is C4H3Cl3O2. The van der Waals surface area contributed by atoms with Crippen LogP contribution in [0.15, 0.2) is 9.71 Å². The SMILES string of the molecule is CC(=O)OC(Cl)=C(Cl)Cl. The Balaban J connectivity index is 3.92. The third-order valence-corrected chi connectivity index (χ3v) is 1.18. The summed E-state index contributed by atoms with van der Waals surface area (Å²) in [6, 6.07) is 0. The quantitative estimate of drug-likeness (QED) is 0.468. The molecule has 0 heterocycles. The number of rotatable bonds is 1. The van der Waals surface area contributed by atoms with E-state index in [0.29, 0.717) is 0 Å². The second-order valence-corrected chi connectivity index (χ2v) is 2.42. The van der Waals surface area contributed by atoms with Crippen molar-refractivity contribution in [1.82, 2.24) is 0 Å². The van der Waals surface area contributed by atoms with E-state index in [4.69, 9.17) is 34.8 Å². The van der Waals surface area contributed by atoms with E-state index in [0.717, 1.165) is 0 Å². The molecule has 0 aromatic rings. The summed E-state index contributed by atoms with van der Waals surface area (Å²) < 4.78 is 4.00. The van der Waals surface area contributed by atoms with Gasteiger partial charge in [-0.3, -0.25) is 4.79 Å². The summed E-state index contributed by atoms with van der Waals surface area (Å²) in [6.07, 6.45) is 0. The first kappa shape index (κ1) is 9.08. The smallest absolute Gasteiger partial charge is 0.308 e. The van der Waals surface area contributed by atoms with Crippen molar-refractivity contribution < 1.29 is 9.53 Å². The Morgan fingerprint density at radius 1 is 1.33 bits per heavy atom. The molecule has 0 aliphatic rings. The fourth-order valence-electron chi connectivity index (χ4n) is 0.165. The molecule has 0 saturated carbocycles. The maximum Gasteiger partial charge on any atom is 0.308 e. The standard InChI is InChI=1S/C4H3Cl3O2/c1-2(8)9-4(7)3(5)6/h1H3. The first-order valence-electron chi connectivity index (χ1n) is 1.93. The number of esters is 1. The highest BCUT2D eigenvalue weighted by atomic mass is 35.5. The number of halogens is 3. The average Bonchev–Trinajstić information content (AvgIpc) is 1.63. The predicted octanol–water partition coefficient (Wildman–Crippen LogP) is 2.39. The Morgan fingerprint density at radius 2 is 1.78 bits per heavy atom. The van der Waals surface area contributed by atoms with E-state index in [2.05, 4.69) is 4.74 Å². The molecule has 5 heteroatoms.